The van der Waals surface area contributed by atoms with Crippen molar-refractivity contribution in [3.63, 3.8) is 0 Å². The molecule has 1 unspecified atom stereocenters. The fraction of sp³-hybridized carbons (Fsp3) is 0.368. The second-order valence-corrected chi connectivity index (χ2v) is 6.75. The van der Waals surface area contributed by atoms with Gasteiger partial charge in [0, 0.05) is 45.0 Å². The van der Waals surface area contributed by atoms with Crippen molar-refractivity contribution in [2.24, 2.45) is 0 Å². The minimum Gasteiger partial charge on any atom is -0.338 e. The van der Waals surface area contributed by atoms with Crippen molar-refractivity contribution in [2.75, 3.05) is 37.7 Å². The van der Waals surface area contributed by atoms with Gasteiger partial charge in [-0.05, 0) is 11.6 Å². The van der Waals surface area contributed by atoms with Crippen LogP contribution >= 0.6 is 0 Å². The molecule has 3 heterocycles. The van der Waals surface area contributed by atoms with Crippen molar-refractivity contribution < 1.29 is 9.59 Å². The van der Waals surface area contributed by atoms with Gasteiger partial charge in [0.25, 0.3) is 5.91 Å². The third-order valence-corrected chi connectivity index (χ3v) is 4.94. The third-order valence-electron chi connectivity index (χ3n) is 4.94. The summed E-state index contributed by atoms with van der Waals surface area (Å²) in [5, 5.41) is 2.81. The molecule has 4 rings (SSSR count). The minimum absolute atomic E-state index is 0.155. The van der Waals surface area contributed by atoms with Crippen LogP contribution in [0.1, 0.15) is 5.56 Å². The molecule has 0 saturated carbocycles. The van der Waals surface area contributed by atoms with Crippen molar-refractivity contribution >= 4 is 17.9 Å². The molecule has 0 aliphatic carbocycles. The van der Waals surface area contributed by atoms with Crippen LogP contribution in [-0.2, 0) is 11.2 Å². The summed E-state index contributed by atoms with van der Waals surface area (Å²) in [6, 6.07) is 10.7. The van der Waals surface area contributed by atoms with Crippen molar-refractivity contribution in [3.05, 3.63) is 54.4 Å². The highest BCUT2D eigenvalue weighted by Gasteiger charge is 2.39. The summed E-state index contributed by atoms with van der Waals surface area (Å²) in [5.74, 6) is 0.563. The Hall–Kier alpha value is -3.00. The molecule has 0 radical (unpaired) electrons. The van der Waals surface area contributed by atoms with E-state index >= 15 is 0 Å². The van der Waals surface area contributed by atoms with E-state index in [1.807, 2.05) is 30.3 Å². The number of benzene rings is 1. The standard InChI is InChI=1S/C19H22N6O2/c26-17-16(13-15-5-2-1-3-6-15)22-19(27)25(17)14-23-9-11-24(12-10-23)18-20-7-4-8-21-18/h1-8,16H,9-14H2,(H,22,27). The largest absolute Gasteiger partial charge is 0.338 e. The second-order valence-electron chi connectivity index (χ2n) is 6.75. The number of nitrogens with zero attached hydrogens (tertiary/aromatic N) is 5. The van der Waals surface area contributed by atoms with Gasteiger partial charge in [0.05, 0.1) is 6.67 Å². The van der Waals surface area contributed by atoms with Crippen LogP contribution in [0, 0.1) is 0 Å². The summed E-state index contributed by atoms with van der Waals surface area (Å²) >= 11 is 0. The maximum absolute atomic E-state index is 12.7. The lowest BCUT2D eigenvalue weighted by molar-refractivity contribution is -0.129. The monoisotopic (exact) mass is 366 g/mol. The molecule has 3 amide bonds. The number of nitrogens with one attached hydrogen (secondary N) is 1. The molecule has 1 aromatic heterocycles. The van der Waals surface area contributed by atoms with E-state index in [4.69, 9.17) is 0 Å². The average molecular weight is 366 g/mol. The van der Waals surface area contributed by atoms with Crippen molar-refractivity contribution in [3.8, 4) is 0 Å². The van der Waals surface area contributed by atoms with Crippen LogP contribution in [0.2, 0.25) is 0 Å². The van der Waals surface area contributed by atoms with Gasteiger partial charge in [-0.25, -0.2) is 19.7 Å². The number of imide groups is 1. The number of hydrogen-bond acceptors (Lipinski definition) is 6. The molecule has 1 aromatic carbocycles. The summed E-state index contributed by atoms with van der Waals surface area (Å²) in [6.07, 6.45) is 3.98. The Morgan fingerprint density at radius 2 is 1.67 bits per heavy atom. The zero-order valence-corrected chi connectivity index (χ0v) is 15.0. The van der Waals surface area contributed by atoms with Gasteiger partial charge in [-0.2, -0.15) is 0 Å². The van der Waals surface area contributed by atoms with Crippen LogP contribution in [0.4, 0.5) is 10.7 Å². The number of hydrogen-bond donors (Lipinski definition) is 1. The van der Waals surface area contributed by atoms with Gasteiger partial charge >= 0.3 is 6.03 Å². The fourth-order valence-corrected chi connectivity index (χ4v) is 3.44. The summed E-state index contributed by atoms with van der Waals surface area (Å²) in [6.45, 7) is 3.35. The summed E-state index contributed by atoms with van der Waals surface area (Å²) in [5.41, 5.74) is 1.04. The Morgan fingerprint density at radius 1 is 0.963 bits per heavy atom. The van der Waals surface area contributed by atoms with Gasteiger partial charge in [0.1, 0.15) is 6.04 Å². The molecule has 2 fully saturated rings. The van der Waals surface area contributed by atoms with Crippen molar-refractivity contribution in [1.29, 1.82) is 0 Å². The number of carbonyl (C=O) groups is 2. The highest BCUT2D eigenvalue weighted by Crippen LogP contribution is 2.15. The zero-order valence-electron chi connectivity index (χ0n) is 15.0. The number of aromatic nitrogens is 2. The number of urea groups is 1. The van der Waals surface area contributed by atoms with Gasteiger partial charge in [-0.3, -0.25) is 9.69 Å². The molecule has 1 atom stereocenters. The molecule has 140 valence electrons. The molecule has 2 aliphatic heterocycles. The number of amides is 3. The van der Waals surface area contributed by atoms with E-state index in [1.165, 1.54) is 4.90 Å². The fourth-order valence-electron chi connectivity index (χ4n) is 3.44. The van der Waals surface area contributed by atoms with Crippen LogP contribution in [0.5, 0.6) is 0 Å². The molecule has 2 saturated heterocycles. The van der Waals surface area contributed by atoms with E-state index in [0.717, 1.165) is 37.7 Å². The molecular weight excluding hydrogens is 344 g/mol. The number of rotatable bonds is 5. The molecular formula is C19H22N6O2. The summed E-state index contributed by atoms with van der Waals surface area (Å²) < 4.78 is 0. The van der Waals surface area contributed by atoms with Crippen LogP contribution in [0.15, 0.2) is 48.8 Å². The highest BCUT2D eigenvalue weighted by atomic mass is 16.2. The SMILES string of the molecule is O=C1NC(Cc2ccccc2)C(=O)N1CN1CCN(c2ncccn2)CC1. The first kappa shape index (κ1) is 17.4. The van der Waals surface area contributed by atoms with Crippen LogP contribution in [0.3, 0.4) is 0 Å². The van der Waals surface area contributed by atoms with Crippen LogP contribution in [-0.4, -0.2) is 70.6 Å². The quantitative estimate of drug-likeness (QED) is 0.786. The Kier molecular flexibility index (Phi) is 4.97. The van der Waals surface area contributed by atoms with Gasteiger partial charge in [-0.1, -0.05) is 30.3 Å². The average Bonchev–Trinajstić information content (AvgIpc) is 2.97. The first-order chi connectivity index (χ1) is 13.2. The van der Waals surface area contributed by atoms with Crippen molar-refractivity contribution in [2.45, 2.75) is 12.5 Å². The van der Waals surface area contributed by atoms with E-state index in [-0.39, 0.29) is 11.9 Å². The van der Waals surface area contributed by atoms with E-state index in [1.54, 1.807) is 18.5 Å². The van der Waals surface area contributed by atoms with E-state index in [0.29, 0.717) is 13.1 Å². The van der Waals surface area contributed by atoms with E-state index < -0.39 is 6.04 Å². The summed E-state index contributed by atoms with van der Waals surface area (Å²) in [7, 11) is 0. The molecule has 1 N–H and O–H groups in total. The first-order valence-corrected chi connectivity index (χ1v) is 9.11. The minimum atomic E-state index is -0.487. The normalized spacial score (nSPS) is 20.8. The predicted molar refractivity (Wildman–Crippen MR) is 100.0 cm³/mol. The van der Waals surface area contributed by atoms with Gasteiger partial charge in [0.15, 0.2) is 0 Å². The van der Waals surface area contributed by atoms with E-state index in [9.17, 15) is 9.59 Å². The Balaban J connectivity index is 1.32. The number of piperazine rings is 1. The Morgan fingerprint density at radius 3 is 2.37 bits per heavy atom. The van der Waals surface area contributed by atoms with Gasteiger partial charge < -0.3 is 10.2 Å². The number of carbonyl (C=O) groups excluding carboxylic acids is 2. The van der Waals surface area contributed by atoms with Gasteiger partial charge in [-0.15, -0.1) is 0 Å². The van der Waals surface area contributed by atoms with E-state index in [2.05, 4.69) is 25.1 Å². The third kappa shape index (κ3) is 3.90. The molecule has 8 heteroatoms. The molecule has 27 heavy (non-hydrogen) atoms. The first-order valence-electron chi connectivity index (χ1n) is 9.11. The predicted octanol–water partition coefficient (Wildman–Crippen LogP) is 0.719. The molecule has 8 nitrogen and oxygen atoms in total. The molecule has 0 spiro atoms. The number of anilines is 1. The van der Waals surface area contributed by atoms with Gasteiger partial charge in [0.2, 0.25) is 5.95 Å². The zero-order chi connectivity index (χ0) is 18.6. The molecule has 2 aromatic rings. The molecule has 2 aliphatic rings. The van der Waals surface area contributed by atoms with Crippen molar-refractivity contribution in [1.82, 2.24) is 25.1 Å². The topological polar surface area (TPSA) is 81.7 Å². The van der Waals surface area contributed by atoms with Crippen LogP contribution < -0.4 is 10.2 Å². The highest BCUT2D eigenvalue weighted by molar-refractivity contribution is 6.04. The smallest absolute Gasteiger partial charge is 0.325 e. The maximum atomic E-state index is 12.7. The lowest BCUT2D eigenvalue weighted by Gasteiger charge is -2.35. The maximum Gasteiger partial charge on any atom is 0.325 e. The Labute approximate surface area is 157 Å². The lowest BCUT2D eigenvalue weighted by atomic mass is 10.1. The molecule has 0 bridgehead atoms. The Bertz CT molecular complexity index is 792. The van der Waals surface area contributed by atoms with Crippen LogP contribution in [0.25, 0.3) is 0 Å². The lowest BCUT2D eigenvalue weighted by Crippen LogP contribution is -2.51. The second kappa shape index (κ2) is 7.71. The summed E-state index contributed by atoms with van der Waals surface area (Å²) in [4.78, 5) is 39.0.